The normalized spacial score (nSPS) is 24.4. The molecule has 1 fully saturated rings. The number of benzene rings is 3. The maximum atomic E-state index is 10.1. The molecule has 3 aromatic rings. The van der Waals surface area contributed by atoms with Gasteiger partial charge in [-0.2, -0.15) is 0 Å². The van der Waals surface area contributed by atoms with Crippen LogP contribution < -0.4 is 9.47 Å². The molecule has 0 spiro atoms. The van der Waals surface area contributed by atoms with Gasteiger partial charge in [-0.05, 0) is 80.3 Å². The van der Waals surface area contributed by atoms with Crippen LogP contribution in [0.4, 0.5) is 0 Å². The number of thioether (sulfide) groups is 1. The number of nitrogens with zero attached hydrogens (tertiary/aromatic N) is 1. The van der Waals surface area contributed by atoms with Crippen molar-refractivity contribution in [3.05, 3.63) is 77.9 Å². The summed E-state index contributed by atoms with van der Waals surface area (Å²) >= 11 is 1.64. The van der Waals surface area contributed by atoms with Crippen LogP contribution >= 0.6 is 11.8 Å². The SMILES string of the molecule is CC1CCCC(C)N1CCOc1ccc([C@@H]2Oc3ccc(O)cc3S[C@@H]2c2cccc(O)c2)cc1. The van der Waals surface area contributed by atoms with E-state index in [4.69, 9.17) is 9.47 Å². The number of aromatic hydroxyl groups is 2. The molecule has 1 saturated heterocycles. The van der Waals surface area contributed by atoms with E-state index in [0.29, 0.717) is 18.7 Å². The van der Waals surface area contributed by atoms with E-state index in [9.17, 15) is 10.2 Å². The van der Waals surface area contributed by atoms with Gasteiger partial charge in [0, 0.05) is 18.6 Å². The Morgan fingerprint density at radius 2 is 1.66 bits per heavy atom. The fourth-order valence-corrected chi connectivity index (χ4v) is 6.52. The average Bonchev–Trinajstić information content (AvgIpc) is 2.85. The summed E-state index contributed by atoms with van der Waals surface area (Å²) in [5, 5.41) is 20.0. The second-order valence-corrected chi connectivity index (χ2v) is 10.8. The van der Waals surface area contributed by atoms with E-state index < -0.39 is 0 Å². The fourth-order valence-electron chi connectivity index (χ4n) is 5.21. The van der Waals surface area contributed by atoms with Crippen LogP contribution in [-0.2, 0) is 0 Å². The predicted molar refractivity (Wildman–Crippen MR) is 140 cm³/mol. The lowest BCUT2D eigenvalue weighted by atomic mass is 9.98. The van der Waals surface area contributed by atoms with E-state index in [1.807, 2.05) is 30.3 Å². The van der Waals surface area contributed by atoms with Gasteiger partial charge in [0.1, 0.15) is 35.7 Å². The predicted octanol–water partition coefficient (Wildman–Crippen LogP) is 6.71. The van der Waals surface area contributed by atoms with Crippen molar-refractivity contribution >= 4 is 11.8 Å². The number of fused-ring (bicyclic) bond motifs is 1. The molecule has 2 N–H and O–H groups in total. The standard InChI is InChI=1S/C29H33NO4S/c1-19-5-3-6-20(2)30(19)15-16-33-25-12-9-21(10-13-25)28-29(22-7-4-8-23(31)17-22)35-27-18-24(32)11-14-26(27)34-28/h4,7-14,17-20,28-29,31-32H,3,5-6,15-16H2,1-2H3/t19?,20?,28-,29+/m0/s1. The third-order valence-corrected chi connectivity index (χ3v) is 8.46. The molecule has 0 radical (unpaired) electrons. The molecule has 0 amide bonds. The molecule has 2 unspecified atom stereocenters. The highest BCUT2D eigenvalue weighted by molar-refractivity contribution is 7.99. The molecule has 0 bridgehead atoms. The van der Waals surface area contributed by atoms with Crippen molar-refractivity contribution in [1.29, 1.82) is 0 Å². The van der Waals surface area contributed by atoms with Gasteiger partial charge in [0.05, 0.1) is 10.1 Å². The second-order valence-electron chi connectivity index (χ2n) is 9.59. The first-order chi connectivity index (χ1) is 17.0. The molecular formula is C29H33NO4S. The Bertz CT molecular complexity index is 1140. The molecule has 184 valence electrons. The van der Waals surface area contributed by atoms with Crippen molar-refractivity contribution in [2.75, 3.05) is 13.2 Å². The average molecular weight is 492 g/mol. The largest absolute Gasteiger partial charge is 0.508 e. The molecule has 0 aliphatic carbocycles. The highest BCUT2D eigenvalue weighted by Crippen LogP contribution is 2.54. The van der Waals surface area contributed by atoms with E-state index in [0.717, 1.165) is 34.1 Å². The van der Waals surface area contributed by atoms with Gasteiger partial charge in [0.15, 0.2) is 0 Å². The summed E-state index contributed by atoms with van der Waals surface area (Å²) in [5.74, 6) is 2.04. The summed E-state index contributed by atoms with van der Waals surface area (Å²) in [6.45, 7) is 6.24. The first-order valence-corrected chi connectivity index (χ1v) is 13.3. The number of hydrogen-bond donors (Lipinski definition) is 2. The van der Waals surface area contributed by atoms with E-state index in [1.165, 1.54) is 19.3 Å². The van der Waals surface area contributed by atoms with E-state index in [1.54, 1.807) is 36.0 Å². The molecule has 3 aromatic carbocycles. The summed E-state index contributed by atoms with van der Waals surface area (Å²) in [6.07, 6.45) is 3.60. The summed E-state index contributed by atoms with van der Waals surface area (Å²) in [4.78, 5) is 3.44. The maximum Gasteiger partial charge on any atom is 0.140 e. The van der Waals surface area contributed by atoms with Gasteiger partial charge < -0.3 is 19.7 Å². The maximum absolute atomic E-state index is 10.1. The first kappa shape index (κ1) is 23.9. The molecule has 0 saturated carbocycles. The Labute approximate surface area is 211 Å². The minimum absolute atomic E-state index is 0.0785. The monoisotopic (exact) mass is 491 g/mol. The highest BCUT2D eigenvalue weighted by Gasteiger charge is 2.34. The van der Waals surface area contributed by atoms with Gasteiger partial charge in [-0.3, -0.25) is 4.90 Å². The zero-order valence-corrected chi connectivity index (χ0v) is 21.1. The zero-order valence-electron chi connectivity index (χ0n) is 20.3. The number of ether oxygens (including phenoxy) is 2. The van der Waals surface area contributed by atoms with Crippen LogP contribution in [0.5, 0.6) is 23.0 Å². The van der Waals surface area contributed by atoms with Crippen LogP contribution in [0.3, 0.4) is 0 Å². The summed E-state index contributed by atoms with van der Waals surface area (Å²) in [6, 6.07) is 21.9. The van der Waals surface area contributed by atoms with E-state index in [-0.39, 0.29) is 22.9 Å². The molecule has 0 aromatic heterocycles. The number of phenolic OH excluding ortho intramolecular Hbond substituents is 2. The summed E-state index contributed by atoms with van der Waals surface area (Å²) < 4.78 is 12.5. The Balaban J connectivity index is 1.32. The summed E-state index contributed by atoms with van der Waals surface area (Å²) in [7, 11) is 0. The Morgan fingerprint density at radius 1 is 0.914 bits per heavy atom. The van der Waals surface area contributed by atoms with Crippen LogP contribution in [0.15, 0.2) is 71.6 Å². The topological polar surface area (TPSA) is 62.2 Å². The zero-order chi connectivity index (χ0) is 24.4. The lowest BCUT2D eigenvalue weighted by Crippen LogP contribution is -2.45. The Hall–Kier alpha value is -2.83. The fraction of sp³-hybridized carbons (Fsp3) is 0.379. The molecule has 2 aliphatic rings. The quantitative estimate of drug-likeness (QED) is 0.400. The lowest BCUT2D eigenvalue weighted by Gasteiger charge is -2.38. The van der Waals surface area contributed by atoms with Crippen molar-refractivity contribution < 1.29 is 19.7 Å². The van der Waals surface area contributed by atoms with Crippen molar-refractivity contribution in [2.24, 2.45) is 0 Å². The number of piperidine rings is 1. The molecule has 5 rings (SSSR count). The lowest BCUT2D eigenvalue weighted by molar-refractivity contribution is 0.0851. The smallest absolute Gasteiger partial charge is 0.140 e. The van der Waals surface area contributed by atoms with Gasteiger partial charge in [-0.15, -0.1) is 11.8 Å². The molecule has 4 atom stereocenters. The van der Waals surface area contributed by atoms with Crippen molar-refractivity contribution in [1.82, 2.24) is 4.90 Å². The molecule has 6 heteroatoms. The number of hydrogen-bond acceptors (Lipinski definition) is 6. The van der Waals surface area contributed by atoms with Crippen molar-refractivity contribution in [3.63, 3.8) is 0 Å². The first-order valence-electron chi connectivity index (χ1n) is 12.4. The minimum atomic E-state index is -0.247. The Morgan fingerprint density at radius 3 is 2.40 bits per heavy atom. The van der Waals surface area contributed by atoms with Gasteiger partial charge >= 0.3 is 0 Å². The van der Waals surface area contributed by atoms with Crippen molar-refractivity contribution in [2.45, 2.75) is 61.4 Å². The van der Waals surface area contributed by atoms with E-state index in [2.05, 4.69) is 30.9 Å². The van der Waals surface area contributed by atoms with Gasteiger partial charge in [-0.1, -0.05) is 30.7 Å². The van der Waals surface area contributed by atoms with Crippen LogP contribution in [0.1, 0.15) is 55.6 Å². The molecule has 2 aliphatic heterocycles. The molecule has 5 nitrogen and oxygen atoms in total. The van der Waals surface area contributed by atoms with Crippen molar-refractivity contribution in [3.8, 4) is 23.0 Å². The van der Waals surface area contributed by atoms with Gasteiger partial charge in [0.25, 0.3) is 0 Å². The van der Waals surface area contributed by atoms with Crippen LogP contribution in [0, 0.1) is 0 Å². The summed E-state index contributed by atoms with van der Waals surface area (Å²) in [5.41, 5.74) is 2.01. The number of likely N-dealkylation sites (tertiary alicyclic amines) is 1. The van der Waals surface area contributed by atoms with Crippen LogP contribution in [-0.4, -0.2) is 40.3 Å². The van der Waals surface area contributed by atoms with Crippen LogP contribution in [0.2, 0.25) is 0 Å². The number of phenols is 2. The molecular weight excluding hydrogens is 458 g/mol. The third kappa shape index (κ3) is 5.39. The molecule has 35 heavy (non-hydrogen) atoms. The second kappa shape index (κ2) is 10.4. The number of rotatable bonds is 6. The van der Waals surface area contributed by atoms with Crippen LogP contribution in [0.25, 0.3) is 0 Å². The van der Waals surface area contributed by atoms with E-state index >= 15 is 0 Å². The third-order valence-electron chi connectivity index (χ3n) is 7.11. The van der Waals surface area contributed by atoms with Gasteiger partial charge in [-0.25, -0.2) is 0 Å². The Kier molecular flexibility index (Phi) is 7.12. The van der Waals surface area contributed by atoms with Gasteiger partial charge in [0.2, 0.25) is 0 Å². The minimum Gasteiger partial charge on any atom is -0.508 e. The molecule has 2 heterocycles. The highest BCUT2D eigenvalue weighted by atomic mass is 32.2.